The third kappa shape index (κ3) is 2.95. The standard InChI is InChI=1S/C15H21NO3/c1-10-7-8-11(2)12(9-10)16(5)13(17)15(3,4)14(18)19-6/h7-9H,1-6H3. The van der Waals surface area contributed by atoms with Gasteiger partial charge in [0.2, 0.25) is 5.91 Å². The normalized spacial score (nSPS) is 11.1. The highest BCUT2D eigenvalue weighted by Crippen LogP contribution is 2.27. The van der Waals surface area contributed by atoms with Crippen molar-refractivity contribution in [2.75, 3.05) is 19.1 Å². The summed E-state index contributed by atoms with van der Waals surface area (Å²) in [5, 5.41) is 0. The Labute approximate surface area is 114 Å². The number of hydrogen-bond donors (Lipinski definition) is 0. The Morgan fingerprint density at radius 3 is 2.32 bits per heavy atom. The number of carbonyl (C=O) groups is 2. The van der Waals surface area contributed by atoms with Crippen LogP contribution < -0.4 is 4.90 Å². The van der Waals surface area contributed by atoms with Crippen LogP contribution in [0.15, 0.2) is 18.2 Å². The van der Waals surface area contributed by atoms with E-state index < -0.39 is 11.4 Å². The van der Waals surface area contributed by atoms with Crippen molar-refractivity contribution < 1.29 is 14.3 Å². The van der Waals surface area contributed by atoms with Gasteiger partial charge in [-0.3, -0.25) is 9.59 Å². The van der Waals surface area contributed by atoms with Gasteiger partial charge in [-0.25, -0.2) is 0 Å². The Bertz CT molecular complexity index is 506. The van der Waals surface area contributed by atoms with Gasteiger partial charge >= 0.3 is 5.97 Å². The Morgan fingerprint density at radius 2 is 1.79 bits per heavy atom. The van der Waals surface area contributed by atoms with Crippen LogP contribution in [-0.4, -0.2) is 26.0 Å². The molecule has 0 heterocycles. The molecule has 0 aliphatic heterocycles. The highest BCUT2D eigenvalue weighted by atomic mass is 16.5. The zero-order chi connectivity index (χ0) is 14.8. The van der Waals surface area contributed by atoms with E-state index in [1.807, 2.05) is 32.0 Å². The van der Waals surface area contributed by atoms with Crippen molar-refractivity contribution in [3.63, 3.8) is 0 Å². The van der Waals surface area contributed by atoms with Crippen LogP contribution in [0.1, 0.15) is 25.0 Å². The molecular formula is C15H21NO3. The number of hydrogen-bond acceptors (Lipinski definition) is 3. The fraction of sp³-hybridized carbons (Fsp3) is 0.467. The van der Waals surface area contributed by atoms with Gasteiger partial charge in [-0.2, -0.15) is 0 Å². The summed E-state index contributed by atoms with van der Waals surface area (Å²) >= 11 is 0. The molecule has 0 fully saturated rings. The summed E-state index contributed by atoms with van der Waals surface area (Å²) in [6.07, 6.45) is 0. The van der Waals surface area contributed by atoms with Gasteiger partial charge in [0, 0.05) is 12.7 Å². The average molecular weight is 263 g/mol. The monoisotopic (exact) mass is 263 g/mol. The molecule has 0 unspecified atom stereocenters. The summed E-state index contributed by atoms with van der Waals surface area (Å²) in [6.45, 7) is 7.04. The van der Waals surface area contributed by atoms with Crippen molar-refractivity contribution in [3.05, 3.63) is 29.3 Å². The number of rotatable bonds is 3. The predicted molar refractivity (Wildman–Crippen MR) is 75.1 cm³/mol. The number of nitrogens with zero attached hydrogens (tertiary/aromatic N) is 1. The number of carbonyl (C=O) groups excluding carboxylic acids is 2. The fourth-order valence-electron chi connectivity index (χ4n) is 1.95. The van der Waals surface area contributed by atoms with E-state index in [4.69, 9.17) is 0 Å². The molecule has 1 amide bonds. The van der Waals surface area contributed by atoms with E-state index in [-0.39, 0.29) is 5.91 Å². The molecule has 1 rings (SSSR count). The van der Waals surface area contributed by atoms with E-state index in [0.717, 1.165) is 16.8 Å². The Hall–Kier alpha value is -1.84. The molecule has 0 aromatic heterocycles. The topological polar surface area (TPSA) is 46.6 Å². The molecule has 0 N–H and O–H groups in total. The number of amides is 1. The summed E-state index contributed by atoms with van der Waals surface area (Å²) < 4.78 is 4.69. The lowest BCUT2D eigenvalue weighted by Gasteiger charge is -2.28. The molecule has 0 aliphatic rings. The maximum absolute atomic E-state index is 12.5. The molecule has 4 nitrogen and oxygen atoms in total. The van der Waals surface area contributed by atoms with Gasteiger partial charge in [-0.05, 0) is 44.9 Å². The van der Waals surface area contributed by atoms with E-state index in [0.29, 0.717) is 0 Å². The first kappa shape index (κ1) is 15.2. The van der Waals surface area contributed by atoms with Crippen LogP contribution in [0.3, 0.4) is 0 Å². The van der Waals surface area contributed by atoms with Crippen LogP contribution in [0, 0.1) is 19.3 Å². The Morgan fingerprint density at radius 1 is 1.21 bits per heavy atom. The second kappa shape index (κ2) is 5.43. The lowest BCUT2D eigenvalue weighted by atomic mass is 9.91. The zero-order valence-corrected chi connectivity index (χ0v) is 12.4. The van der Waals surface area contributed by atoms with Gasteiger partial charge in [0.1, 0.15) is 5.41 Å². The summed E-state index contributed by atoms with van der Waals surface area (Å²) in [5.74, 6) is -0.817. The van der Waals surface area contributed by atoms with E-state index in [1.165, 1.54) is 12.0 Å². The third-order valence-electron chi connectivity index (χ3n) is 3.26. The Balaban J connectivity index is 3.13. The van der Waals surface area contributed by atoms with E-state index in [1.54, 1.807) is 20.9 Å². The van der Waals surface area contributed by atoms with Crippen LogP contribution in [0.4, 0.5) is 5.69 Å². The highest BCUT2D eigenvalue weighted by Gasteiger charge is 2.39. The first-order valence-electron chi connectivity index (χ1n) is 6.15. The van der Waals surface area contributed by atoms with E-state index >= 15 is 0 Å². The predicted octanol–water partition coefficient (Wildman–Crippen LogP) is 2.47. The maximum atomic E-state index is 12.5. The third-order valence-corrected chi connectivity index (χ3v) is 3.26. The van der Waals surface area contributed by atoms with Gasteiger partial charge in [-0.1, -0.05) is 12.1 Å². The minimum Gasteiger partial charge on any atom is -0.468 e. The molecule has 0 spiro atoms. The van der Waals surface area contributed by atoms with Crippen molar-refractivity contribution >= 4 is 17.6 Å². The minimum atomic E-state index is -1.19. The molecule has 0 saturated heterocycles. The molecular weight excluding hydrogens is 242 g/mol. The number of anilines is 1. The number of esters is 1. The maximum Gasteiger partial charge on any atom is 0.320 e. The minimum absolute atomic E-state index is 0.284. The summed E-state index contributed by atoms with van der Waals surface area (Å²) in [6, 6.07) is 5.88. The molecule has 1 aromatic carbocycles. The molecule has 104 valence electrons. The second-order valence-corrected chi connectivity index (χ2v) is 5.27. The van der Waals surface area contributed by atoms with Gasteiger partial charge in [0.15, 0.2) is 0 Å². The highest BCUT2D eigenvalue weighted by molar-refractivity contribution is 6.09. The van der Waals surface area contributed by atoms with Crippen molar-refractivity contribution in [2.24, 2.45) is 5.41 Å². The summed E-state index contributed by atoms with van der Waals surface area (Å²) in [5.41, 5.74) is 1.67. The first-order chi connectivity index (χ1) is 8.71. The number of benzene rings is 1. The van der Waals surface area contributed by atoms with Crippen LogP contribution in [-0.2, 0) is 14.3 Å². The molecule has 19 heavy (non-hydrogen) atoms. The quantitative estimate of drug-likeness (QED) is 0.621. The Kier molecular flexibility index (Phi) is 4.35. The summed E-state index contributed by atoms with van der Waals surface area (Å²) in [7, 11) is 2.96. The number of aryl methyl sites for hydroxylation is 2. The van der Waals surface area contributed by atoms with Gasteiger partial charge in [0.25, 0.3) is 0 Å². The van der Waals surface area contributed by atoms with Crippen LogP contribution in [0.5, 0.6) is 0 Å². The largest absolute Gasteiger partial charge is 0.468 e. The molecule has 4 heteroatoms. The molecule has 0 atom stereocenters. The molecule has 0 radical (unpaired) electrons. The van der Waals surface area contributed by atoms with Crippen molar-refractivity contribution in [1.29, 1.82) is 0 Å². The van der Waals surface area contributed by atoms with Crippen LogP contribution in [0.2, 0.25) is 0 Å². The van der Waals surface area contributed by atoms with Crippen LogP contribution >= 0.6 is 0 Å². The van der Waals surface area contributed by atoms with Crippen LogP contribution in [0.25, 0.3) is 0 Å². The molecule has 0 bridgehead atoms. The molecule has 1 aromatic rings. The lowest BCUT2D eigenvalue weighted by molar-refractivity contribution is -0.155. The van der Waals surface area contributed by atoms with Gasteiger partial charge in [-0.15, -0.1) is 0 Å². The van der Waals surface area contributed by atoms with E-state index in [2.05, 4.69) is 4.74 Å². The van der Waals surface area contributed by atoms with Crippen molar-refractivity contribution in [3.8, 4) is 0 Å². The summed E-state index contributed by atoms with van der Waals surface area (Å²) in [4.78, 5) is 25.7. The first-order valence-corrected chi connectivity index (χ1v) is 6.15. The SMILES string of the molecule is COC(=O)C(C)(C)C(=O)N(C)c1cc(C)ccc1C. The van der Waals surface area contributed by atoms with Gasteiger partial charge in [0.05, 0.1) is 7.11 Å². The average Bonchev–Trinajstić information content (AvgIpc) is 2.38. The van der Waals surface area contributed by atoms with Crippen molar-refractivity contribution in [1.82, 2.24) is 0 Å². The van der Waals surface area contributed by atoms with Crippen molar-refractivity contribution in [2.45, 2.75) is 27.7 Å². The van der Waals surface area contributed by atoms with E-state index in [9.17, 15) is 9.59 Å². The zero-order valence-electron chi connectivity index (χ0n) is 12.4. The van der Waals surface area contributed by atoms with Gasteiger partial charge < -0.3 is 9.64 Å². The fourth-order valence-corrected chi connectivity index (χ4v) is 1.95. The number of methoxy groups -OCH3 is 1. The molecule has 0 saturated carbocycles. The second-order valence-electron chi connectivity index (χ2n) is 5.27. The lowest BCUT2D eigenvalue weighted by Crippen LogP contribution is -2.44. The smallest absolute Gasteiger partial charge is 0.320 e. The molecule has 0 aliphatic carbocycles. The number of ether oxygens (including phenoxy) is 1.